The number of hydrogen-bond acceptors (Lipinski definition) is 5. The quantitative estimate of drug-likeness (QED) is 0.756. The number of hydrogen-bond donors (Lipinski definition) is 1. The van der Waals surface area contributed by atoms with Crippen molar-refractivity contribution in [2.24, 2.45) is 0 Å². The van der Waals surface area contributed by atoms with Crippen molar-refractivity contribution in [3.05, 3.63) is 60.3 Å². The molecule has 3 aromatic rings. The first-order chi connectivity index (χ1) is 13.5. The van der Waals surface area contributed by atoms with Gasteiger partial charge in [-0.05, 0) is 37.6 Å². The SMILES string of the molecule is CC(C)(C(=O)Nc1ccc2ncc(N3CCOCC3)nc2c1)c1ccccc1. The molecule has 1 fully saturated rings. The molecule has 0 aliphatic carbocycles. The molecule has 0 unspecified atom stereocenters. The number of nitrogens with one attached hydrogen (secondary N) is 1. The number of aromatic nitrogens is 2. The van der Waals surface area contributed by atoms with Crippen LogP contribution in [0.5, 0.6) is 0 Å². The minimum absolute atomic E-state index is 0.0599. The third kappa shape index (κ3) is 3.68. The number of ether oxygens (including phenoxy) is 1. The lowest BCUT2D eigenvalue weighted by atomic mass is 9.83. The second kappa shape index (κ2) is 7.56. The van der Waals surface area contributed by atoms with Crippen molar-refractivity contribution in [1.82, 2.24) is 9.97 Å². The van der Waals surface area contributed by atoms with Crippen LogP contribution < -0.4 is 10.2 Å². The van der Waals surface area contributed by atoms with Crippen molar-refractivity contribution in [1.29, 1.82) is 0 Å². The zero-order valence-electron chi connectivity index (χ0n) is 16.2. The van der Waals surface area contributed by atoms with Crippen molar-refractivity contribution < 1.29 is 9.53 Å². The summed E-state index contributed by atoms with van der Waals surface area (Å²) in [6.45, 7) is 6.86. The molecule has 144 valence electrons. The van der Waals surface area contributed by atoms with Gasteiger partial charge in [0.15, 0.2) is 0 Å². The van der Waals surface area contributed by atoms with Crippen LogP contribution in [0.2, 0.25) is 0 Å². The van der Waals surface area contributed by atoms with Gasteiger partial charge in [0.05, 0.1) is 35.9 Å². The Morgan fingerprint density at radius 1 is 1.07 bits per heavy atom. The molecule has 6 nitrogen and oxygen atoms in total. The van der Waals surface area contributed by atoms with E-state index in [0.29, 0.717) is 13.2 Å². The molecule has 28 heavy (non-hydrogen) atoms. The maximum Gasteiger partial charge on any atom is 0.234 e. The van der Waals surface area contributed by atoms with Gasteiger partial charge in [0.25, 0.3) is 0 Å². The lowest BCUT2D eigenvalue weighted by Gasteiger charge is -2.27. The van der Waals surface area contributed by atoms with Crippen LogP contribution in [0, 0.1) is 0 Å². The lowest BCUT2D eigenvalue weighted by molar-refractivity contribution is -0.120. The first-order valence-corrected chi connectivity index (χ1v) is 9.50. The molecular weight excluding hydrogens is 352 g/mol. The minimum atomic E-state index is -0.641. The molecule has 2 heterocycles. The first kappa shape index (κ1) is 18.4. The Bertz CT molecular complexity index is 982. The van der Waals surface area contributed by atoms with Crippen molar-refractivity contribution in [3.63, 3.8) is 0 Å². The average Bonchev–Trinajstić information content (AvgIpc) is 2.74. The van der Waals surface area contributed by atoms with Crippen molar-refractivity contribution >= 4 is 28.4 Å². The highest BCUT2D eigenvalue weighted by Crippen LogP contribution is 2.26. The van der Waals surface area contributed by atoms with Gasteiger partial charge in [-0.3, -0.25) is 9.78 Å². The predicted molar refractivity (Wildman–Crippen MR) is 111 cm³/mol. The van der Waals surface area contributed by atoms with Gasteiger partial charge in [-0.15, -0.1) is 0 Å². The highest BCUT2D eigenvalue weighted by Gasteiger charge is 2.29. The topological polar surface area (TPSA) is 67.4 Å². The van der Waals surface area contributed by atoms with Gasteiger partial charge >= 0.3 is 0 Å². The van der Waals surface area contributed by atoms with E-state index in [0.717, 1.165) is 41.2 Å². The van der Waals surface area contributed by atoms with Gasteiger partial charge in [-0.1, -0.05) is 30.3 Å². The molecule has 1 aromatic heterocycles. The van der Waals surface area contributed by atoms with Crippen LogP contribution in [0.1, 0.15) is 19.4 Å². The maximum absolute atomic E-state index is 12.9. The number of anilines is 2. The van der Waals surface area contributed by atoms with Gasteiger partial charge < -0.3 is 15.0 Å². The van der Waals surface area contributed by atoms with Gasteiger partial charge in [0, 0.05) is 18.8 Å². The summed E-state index contributed by atoms with van der Waals surface area (Å²) < 4.78 is 5.40. The van der Waals surface area contributed by atoms with E-state index in [-0.39, 0.29) is 5.91 Å². The Hall–Kier alpha value is -2.99. The molecule has 0 radical (unpaired) electrons. The lowest BCUT2D eigenvalue weighted by Crippen LogP contribution is -2.36. The van der Waals surface area contributed by atoms with E-state index in [1.807, 2.05) is 62.4 Å². The number of rotatable bonds is 4. The number of nitrogens with zero attached hydrogens (tertiary/aromatic N) is 3. The monoisotopic (exact) mass is 376 g/mol. The van der Waals surface area contributed by atoms with Crippen LogP contribution in [-0.4, -0.2) is 42.2 Å². The van der Waals surface area contributed by atoms with E-state index in [1.54, 1.807) is 6.20 Å². The molecule has 1 saturated heterocycles. The minimum Gasteiger partial charge on any atom is -0.378 e. The fraction of sp³-hybridized carbons (Fsp3) is 0.318. The highest BCUT2D eigenvalue weighted by molar-refractivity contribution is 5.99. The van der Waals surface area contributed by atoms with Crippen LogP contribution in [0.15, 0.2) is 54.7 Å². The van der Waals surface area contributed by atoms with E-state index >= 15 is 0 Å². The molecule has 1 aliphatic rings. The van der Waals surface area contributed by atoms with Crippen molar-refractivity contribution in [3.8, 4) is 0 Å². The van der Waals surface area contributed by atoms with Crippen LogP contribution in [0.3, 0.4) is 0 Å². The summed E-state index contributed by atoms with van der Waals surface area (Å²) in [7, 11) is 0. The molecule has 0 bridgehead atoms. The number of morpholine rings is 1. The zero-order valence-corrected chi connectivity index (χ0v) is 16.2. The predicted octanol–water partition coefficient (Wildman–Crippen LogP) is 3.38. The number of fused-ring (bicyclic) bond motifs is 1. The molecular formula is C22H24N4O2. The van der Waals surface area contributed by atoms with E-state index in [1.165, 1.54) is 0 Å². The van der Waals surface area contributed by atoms with Crippen LogP contribution >= 0.6 is 0 Å². The number of carbonyl (C=O) groups is 1. The summed E-state index contributed by atoms with van der Waals surface area (Å²) >= 11 is 0. The standard InChI is InChI=1S/C22H24N4O2/c1-22(2,16-6-4-3-5-7-16)21(27)24-17-8-9-18-19(14-17)25-20(15-23-18)26-10-12-28-13-11-26/h3-9,14-15H,10-13H2,1-2H3,(H,24,27). The molecule has 0 atom stereocenters. The third-order valence-corrected chi connectivity index (χ3v) is 5.19. The fourth-order valence-electron chi connectivity index (χ4n) is 3.30. The second-order valence-electron chi connectivity index (χ2n) is 7.48. The Labute approximate surface area is 164 Å². The highest BCUT2D eigenvalue weighted by atomic mass is 16.5. The summed E-state index contributed by atoms with van der Waals surface area (Å²) in [6, 6.07) is 15.4. The first-order valence-electron chi connectivity index (χ1n) is 9.50. The fourth-order valence-corrected chi connectivity index (χ4v) is 3.30. The second-order valence-corrected chi connectivity index (χ2v) is 7.48. The summed E-state index contributed by atoms with van der Waals surface area (Å²) in [5.74, 6) is 0.777. The summed E-state index contributed by atoms with van der Waals surface area (Å²) in [5, 5.41) is 3.03. The molecule has 6 heteroatoms. The molecule has 0 spiro atoms. The molecule has 1 aliphatic heterocycles. The smallest absolute Gasteiger partial charge is 0.234 e. The molecule has 2 aromatic carbocycles. The van der Waals surface area contributed by atoms with Crippen LogP contribution in [0.25, 0.3) is 11.0 Å². The zero-order chi connectivity index (χ0) is 19.6. The summed E-state index contributed by atoms with van der Waals surface area (Å²) in [5.41, 5.74) is 2.62. The Morgan fingerprint density at radius 3 is 2.57 bits per heavy atom. The van der Waals surface area contributed by atoms with Crippen molar-refractivity contribution in [2.45, 2.75) is 19.3 Å². The molecule has 4 rings (SSSR count). The normalized spacial score (nSPS) is 14.9. The number of amides is 1. The van der Waals surface area contributed by atoms with Gasteiger partial charge in [0.1, 0.15) is 5.82 Å². The average molecular weight is 376 g/mol. The van der Waals surface area contributed by atoms with Gasteiger partial charge in [0.2, 0.25) is 5.91 Å². The Morgan fingerprint density at radius 2 is 1.82 bits per heavy atom. The third-order valence-electron chi connectivity index (χ3n) is 5.19. The molecule has 1 amide bonds. The molecule has 0 saturated carbocycles. The van der Waals surface area contributed by atoms with Crippen molar-refractivity contribution in [2.75, 3.05) is 36.5 Å². The van der Waals surface area contributed by atoms with Gasteiger partial charge in [-0.2, -0.15) is 0 Å². The van der Waals surface area contributed by atoms with E-state index in [9.17, 15) is 4.79 Å². The Balaban J connectivity index is 1.57. The van der Waals surface area contributed by atoms with Crippen LogP contribution in [0.4, 0.5) is 11.5 Å². The Kier molecular flexibility index (Phi) is 4.96. The van der Waals surface area contributed by atoms with E-state index in [4.69, 9.17) is 9.72 Å². The largest absolute Gasteiger partial charge is 0.378 e. The summed E-state index contributed by atoms with van der Waals surface area (Å²) in [6.07, 6.45) is 1.80. The maximum atomic E-state index is 12.9. The van der Waals surface area contributed by atoms with E-state index in [2.05, 4.69) is 15.2 Å². The summed E-state index contributed by atoms with van der Waals surface area (Å²) in [4.78, 5) is 24.3. The van der Waals surface area contributed by atoms with Gasteiger partial charge in [-0.25, -0.2) is 4.98 Å². The van der Waals surface area contributed by atoms with Crippen LogP contribution in [-0.2, 0) is 14.9 Å². The number of benzene rings is 2. The number of carbonyl (C=O) groups excluding carboxylic acids is 1. The molecule has 1 N–H and O–H groups in total. The van der Waals surface area contributed by atoms with E-state index < -0.39 is 5.41 Å².